The van der Waals surface area contributed by atoms with E-state index < -0.39 is 0 Å². The van der Waals surface area contributed by atoms with Crippen LogP contribution in [0, 0.1) is 0 Å². The van der Waals surface area contributed by atoms with Gasteiger partial charge in [-0.2, -0.15) is 0 Å². The first-order valence-corrected chi connectivity index (χ1v) is 4.37. The largest absolute Gasteiger partial charge is 0.357 e. The smallest absolute Gasteiger partial charge is 0.170 e. The van der Waals surface area contributed by atoms with E-state index in [4.69, 9.17) is 12.2 Å². The minimum Gasteiger partial charge on any atom is -0.357 e. The van der Waals surface area contributed by atoms with Gasteiger partial charge in [-0.15, -0.1) is 0 Å². The van der Waals surface area contributed by atoms with Gasteiger partial charge in [-0.3, -0.25) is 0 Å². The highest BCUT2D eigenvalue weighted by Crippen LogP contribution is 2.12. The summed E-state index contributed by atoms with van der Waals surface area (Å²) in [4.78, 5) is 0. The fraction of sp³-hybridized carbons (Fsp3) is 0.222. The van der Waals surface area contributed by atoms with Gasteiger partial charge in [0.05, 0.1) is 6.54 Å². The summed E-state index contributed by atoms with van der Waals surface area (Å²) in [6.45, 7) is 0.823. The van der Waals surface area contributed by atoms with Crippen molar-refractivity contribution >= 4 is 17.3 Å². The second kappa shape index (κ2) is 3.11. The second-order valence-electron chi connectivity index (χ2n) is 2.82. The molecule has 0 amide bonds. The van der Waals surface area contributed by atoms with Crippen LogP contribution in [-0.2, 0) is 0 Å². The molecule has 1 aliphatic heterocycles. The Morgan fingerprint density at radius 3 is 3.00 bits per heavy atom. The standard InChI is InChI=1S/C9H10N2S/c12-9-10-6-8(11-9)5-7-3-1-2-4-7/h1,3-5H,2,6H2,(H2,10,11,12)/b8-5+. The van der Waals surface area contributed by atoms with Crippen LogP contribution in [0.25, 0.3) is 0 Å². The van der Waals surface area contributed by atoms with E-state index in [-0.39, 0.29) is 0 Å². The van der Waals surface area contributed by atoms with Crippen molar-refractivity contribution in [3.05, 3.63) is 35.6 Å². The van der Waals surface area contributed by atoms with E-state index in [1.807, 2.05) is 0 Å². The zero-order chi connectivity index (χ0) is 8.39. The Labute approximate surface area is 77.0 Å². The van der Waals surface area contributed by atoms with Crippen LogP contribution in [0.2, 0.25) is 0 Å². The molecule has 1 aliphatic carbocycles. The molecule has 62 valence electrons. The first-order chi connectivity index (χ1) is 5.84. The van der Waals surface area contributed by atoms with Crippen molar-refractivity contribution in [1.29, 1.82) is 0 Å². The number of nitrogens with one attached hydrogen (secondary N) is 2. The minimum atomic E-state index is 0.726. The molecule has 0 aromatic carbocycles. The van der Waals surface area contributed by atoms with Crippen LogP contribution < -0.4 is 10.6 Å². The Morgan fingerprint density at radius 2 is 2.42 bits per heavy atom. The van der Waals surface area contributed by atoms with Crippen molar-refractivity contribution in [3.8, 4) is 0 Å². The maximum absolute atomic E-state index is 4.94. The summed E-state index contributed by atoms with van der Waals surface area (Å²) in [5.41, 5.74) is 2.42. The molecule has 2 N–H and O–H groups in total. The van der Waals surface area contributed by atoms with Crippen LogP contribution in [0.15, 0.2) is 35.6 Å². The quantitative estimate of drug-likeness (QED) is 0.591. The first-order valence-electron chi connectivity index (χ1n) is 3.97. The number of thiocarbonyl (C=S) groups is 1. The molecule has 2 nitrogen and oxygen atoms in total. The lowest BCUT2D eigenvalue weighted by Crippen LogP contribution is -2.19. The van der Waals surface area contributed by atoms with Gasteiger partial charge >= 0.3 is 0 Å². The van der Waals surface area contributed by atoms with Gasteiger partial charge in [0, 0.05) is 5.70 Å². The summed E-state index contributed by atoms with van der Waals surface area (Å²) in [6, 6.07) is 0. The molecule has 0 aromatic heterocycles. The van der Waals surface area contributed by atoms with E-state index >= 15 is 0 Å². The Kier molecular flexibility index (Phi) is 1.96. The molecule has 0 radical (unpaired) electrons. The van der Waals surface area contributed by atoms with Gasteiger partial charge in [-0.1, -0.05) is 18.2 Å². The fourth-order valence-electron chi connectivity index (χ4n) is 1.28. The molecule has 0 spiro atoms. The van der Waals surface area contributed by atoms with Crippen LogP contribution >= 0.6 is 12.2 Å². The lowest BCUT2D eigenvalue weighted by atomic mass is 10.2. The summed E-state index contributed by atoms with van der Waals surface area (Å²) >= 11 is 4.94. The van der Waals surface area contributed by atoms with Crippen LogP contribution in [0.3, 0.4) is 0 Å². The predicted octanol–water partition coefficient (Wildman–Crippen LogP) is 1.23. The molecule has 1 saturated heterocycles. The molecule has 0 bridgehead atoms. The maximum atomic E-state index is 4.94. The number of allylic oxidation sites excluding steroid dienone is 5. The van der Waals surface area contributed by atoms with Crippen molar-refractivity contribution in [2.75, 3.05) is 6.54 Å². The topological polar surface area (TPSA) is 24.1 Å². The summed E-state index contributed by atoms with van der Waals surface area (Å²) in [6.07, 6.45) is 9.63. The molecular weight excluding hydrogens is 168 g/mol. The molecule has 0 aromatic rings. The zero-order valence-electron chi connectivity index (χ0n) is 6.63. The van der Waals surface area contributed by atoms with E-state index in [0.29, 0.717) is 0 Å². The van der Waals surface area contributed by atoms with Gasteiger partial charge in [0.25, 0.3) is 0 Å². The normalized spacial score (nSPS) is 24.2. The Hall–Kier alpha value is -1.09. The summed E-state index contributed by atoms with van der Waals surface area (Å²) < 4.78 is 0. The number of hydrogen-bond acceptors (Lipinski definition) is 1. The van der Waals surface area contributed by atoms with Crippen LogP contribution in [0.4, 0.5) is 0 Å². The van der Waals surface area contributed by atoms with Gasteiger partial charge < -0.3 is 10.6 Å². The van der Waals surface area contributed by atoms with Gasteiger partial charge in [-0.25, -0.2) is 0 Å². The molecular formula is C9H10N2S. The van der Waals surface area contributed by atoms with Gasteiger partial charge in [-0.05, 0) is 30.3 Å². The Morgan fingerprint density at radius 1 is 1.50 bits per heavy atom. The molecule has 2 aliphatic rings. The third kappa shape index (κ3) is 1.56. The third-order valence-electron chi connectivity index (χ3n) is 1.85. The van der Waals surface area contributed by atoms with Crippen LogP contribution in [-0.4, -0.2) is 11.7 Å². The average molecular weight is 178 g/mol. The van der Waals surface area contributed by atoms with Crippen molar-refractivity contribution in [1.82, 2.24) is 10.6 Å². The van der Waals surface area contributed by atoms with Gasteiger partial charge in [0.2, 0.25) is 0 Å². The molecule has 2 rings (SSSR count). The van der Waals surface area contributed by atoms with Crippen LogP contribution in [0.1, 0.15) is 6.42 Å². The molecule has 0 atom stereocenters. The molecule has 12 heavy (non-hydrogen) atoms. The Bertz CT molecular complexity index is 300. The first kappa shape index (κ1) is 7.55. The van der Waals surface area contributed by atoms with E-state index in [1.165, 1.54) is 5.57 Å². The van der Waals surface area contributed by atoms with Gasteiger partial charge in [0.15, 0.2) is 5.11 Å². The summed E-state index contributed by atoms with van der Waals surface area (Å²) in [5, 5.41) is 6.86. The molecule has 3 heteroatoms. The number of rotatable bonds is 1. The highest BCUT2D eigenvalue weighted by Gasteiger charge is 2.09. The second-order valence-corrected chi connectivity index (χ2v) is 3.23. The van der Waals surface area contributed by atoms with E-state index in [0.717, 1.165) is 23.8 Å². The van der Waals surface area contributed by atoms with E-state index in [2.05, 4.69) is 34.9 Å². The van der Waals surface area contributed by atoms with Gasteiger partial charge in [0.1, 0.15) is 0 Å². The SMILES string of the molecule is S=C1NC/C(=C\C2=CCC=C2)N1. The van der Waals surface area contributed by atoms with E-state index in [1.54, 1.807) is 0 Å². The van der Waals surface area contributed by atoms with E-state index in [9.17, 15) is 0 Å². The van der Waals surface area contributed by atoms with Crippen molar-refractivity contribution in [2.24, 2.45) is 0 Å². The average Bonchev–Trinajstić information content (AvgIpc) is 2.63. The maximum Gasteiger partial charge on any atom is 0.170 e. The number of hydrogen-bond donors (Lipinski definition) is 2. The highest BCUT2D eigenvalue weighted by atomic mass is 32.1. The van der Waals surface area contributed by atoms with Crippen LogP contribution in [0.5, 0.6) is 0 Å². The minimum absolute atomic E-state index is 0.726. The van der Waals surface area contributed by atoms with Crippen molar-refractivity contribution in [3.63, 3.8) is 0 Å². The monoisotopic (exact) mass is 178 g/mol. The van der Waals surface area contributed by atoms with Crippen molar-refractivity contribution < 1.29 is 0 Å². The lowest BCUT2D eigenvalue weighted by molar-refractivity contribution is 1.06. The molecule has 1 heterocycles. The fourth-order valence-corrected chi connectivity index (χ4v) is 1.48. The third-order valence-corrected chi connectivity index (χ3v) is 2.10. The molecule has 1 fully saturated rings. The van der Waals surface area contributed by atoms with Crippen molar-refractivity contribution in [2.45, 2.75) is 6.42 Å². The predicted molar refractivity (Wildman–Crippen MR) is 53.7 cm³/mol. The lowest BCUT2D eigenvalue weighted by Gasteiger charge is -1.94. The molecule has 0 saturated carbocycles. The Balaban J connectivity index is 2.08. The zero-order valence-corrected chi connectivity index (χ0v) is 7.45. The highest BCUT2D eigenvalue weighted by molar-refractivity contribution is 7.80. The summed E-state index contributed by atoms with van der Waals surface area (Å²) in [5.74, 6) is 0. The summed E-state index contributed by atoms with van der Waals surface area (Å²) in [7, 11) is 0. The molecule has 0 unspecified atom stereocenters.